The minimum atomic E-state index is -1.05. The Labute approximate surface area is 122 Å². The first-order chi connectivity index (χ1) is 8.62. The second kappa shape index (κ2) is 6.17. The van der Waals surface area contributed by atoms with Crippen LogP contribution in [0.5, 0.6) is 0 Å². The van der Waals surface area contributed by atoms with Gasteiger partial charge in [-0.15, -0.1) is 0 Å². The molecule has 0 aromatic carbocycles. The summed E-state index contributed by atoms with van der Waals surface area (Å²) in [5, 5.41) is 9.30. The van der Waals surface area contributed by atoms with Crippen LogP contribution in [0.15, 0.2) is 0 Å². The van der Waals surface area contributed by atoms with Crippen LogP contribution in [0.4, 0.5) is 0 Å². The van der Waals surface area contributed by atoms with Crippen LogP contribution < -0.4 is 0 Å². The summed E-state index contributed by atoms with van der Waals surface area (Å²) < 4.78 is -0.815. The van der Waals surface area contributed by atoms with Crippen molar-refractivity contribution in [2.45, 2.75) is 38.0 Å². The molecule has 1 saturated heterocycles. The van der Waals surface area contributed by atoms with E-state index in [9.17, 15) is 19.5 Å². The molecule has 0 aliphatic carbocycles. The molecule has 1 aliphatic heterocycles. The molecule has 1 heterocycles. The van der Waals surface area contributed by atoms with Crippen molar-refractivity contribution in [3.63, 3.8) is 0 Å². The Morgan fingerprint density at radius 2 is 2.16 bits per heavy atom. The van der Waals surface area contributed by atoms with E-state index in [0.29, 0.717) is 18.7 Å². The molecule has 5 nitrogen and oxygen atoms in total. The molecular weight excluding hydrogens is 286 g/mol. The molecule has 1 fully saturated rings. The minimum Gasteiger partial charge on any atom is -0.480 e. The van der Waals surface area contributed by atoms with Gasteiger partial charge in [0.05, 0.1) is 0 Å². The minimum absolute atomic E-state index is 0.00945. The van der Waals surface area contributed by atoms with Crippen molar-refractivity contribution in [3.05, 3.63) is 0 Å². The summed E-state index contributed by atoms with van der Waals surface area (Å²) in [6, 6.07) is -0.948. The maximum Gasteiger partial charge on any atom is 0.327 e. The number of thiol groups is 1. The fourth-order valence-corrected chi connectivity index (χ4v) is 3.17. The van der Waals surface area contributed by atoms with Gasteiger partial charge in [0, 0.05) is 30.4 Å². The van der Waals surface area contributed by atoms with E-state index in [0.717, 1.165) is 0 Å². The van der Waals surface area contributed by atoms with Gasteiger partial charge >= 0.3 is 5.97 Å². The van der Waals surface area contributed by atoms with Gasteiger partial charge in [0.2, 0.25) is 5.91 Å². The fourth-order valence-electron chi connectivity index (χ4n) is 2.22. The quantitative estimate of drug-likeness (QED) is 0.748. The van der Waals surface area contributed by atoms with Gasteiger partial charge in [-0.3, -0.25) is 9.59 Å². The lowest BCUT2D eigenvalue weighted by atomic mass is 10.0. The van der Waals surface area contributed by atoms with E-state index in [1.165, 1.54) is 23.6 Å². The molecule has 2 atom stereocenters. The number of thioether (sulfide) groups is 1. The highest BCUT2D eigenvalue weighted by Crippen LogP contribution is 2.30. The number of carboxylic acids is 1. The number of carbonyl (C=O) groups is 3. The number of carboxylic acid groups (broad SMARTS) is 1. The van der Waals surface area contributed by atoms with E-state index in [2.05, 4.69) is 12.6 Å². The molecule has 0 saturated carbocycles. The molecular formula is C12H19NO4S2. The number of hydrogen-bond donors (Lipinski definition) is 2. The Morgan fingerprint density at radius 1 is 1.58 bits per heavy atom. The fraction of sp³-hybridized carbons (Fsp3) is 0.750. The summed E-state index contributed by atoms with van der Waals surface area (Å²) in [5.41, 5.74) is 0. The molecule has 0 radical (unpaired) electrons. The number of aliphatic carboxylic acids is 1. The molecule has 0 spiro atoms. The first kappa shape index (κ1) is 16.4. The van der Waals surface area contributed by atoms with E-state index < -0.39 is 16.8 Å². The van der Waals surface area contributed by atoms with Crippen molar-refractivity contribution in [1.82, 2.24) is 4.90 Å². The summed E-state index contributed by atoms with van der Waals surface area (Å²) in [4.78, 5) is 35.6. The molecule has 1 rings (SSSR count). The molecule has 0 aromatic heterocycles. The van der Waals surface area contributed by atoms with Crippen molar-refractivity contribution in [2.75, 3.05) is 12.3 Å². The Morgan fingerprint density at radius 3 is 2.58 bits per heavy atom. The second-order valence-electron chi connectivity index (χ2n) is 5.31. The average Bonchev–Trinajstić information content (AvgIpc) is 2.54. The zero-order chi connectivity index (χ0) is 14.8. The van der Waals surface area contributed by atoms with E-state index in [4.69, 9.17) is 0 Å². The third kappa shape index (κ3) is 4.42. The standard InChI is InChI=1S/C12H19NO4S2/c1-7(14)19-6-8-4-9(15)13(5-8)10(11(16)17)12(2,3)18/h8,10,18H,4-6H2,1-3H3,(H,16,17)/t8?,10-/m1/s1. The number of carbonyl (C=O) groups excluding carboxylic acids is 2. The number of rotatable bonds is 5. The number of nitrogens with zero attached hydrogens (tertiary/aromatic N) is 1. The molecule has 1 amide bonds. The molecule has 0 bridgehead atoms. The zero-order valence-electron chi connectivity index (χ0n) is 11.3. The van der Waals surface area contributed by atoms with Crippen LogP contribution in [-0.4, -0.2) is 50.1 Å². The lowest BCUT2D eigenvalue weighted by molar-refractivity contribution is -0.149. The van der Waals surface area contributed by atoms with Gasteiger partial charge in [-0.1, -0.05) is 11.8 Å². The first-order valence-electron chi connectivity index (χ1n) is 6.01. The topological polar surface area (TPSA) is 74.7 Å². The van der Waals surface area contributed by atoms with Gasteiger partial charge in [0.15, 0.2) is 5.12 Å². The van der Waals surface area contributed by atoms with Crippen LogP contribution in [0.25, 0.3) is 0 Å². The Kier molecular flexibility index (Phi) is 5.32. The van der Waals surface area contributed by atoms with Crippen molar-refractivity contribution >= 4 is 41.4 Å². The van der Waals surface area contributed by atoms with Crippen LogP contribution in [0.1, 0.15) is 27.2 Å². The largest absolute Gasteiger partial charge is 0.480 e. The van der Waals surface area contributed by atoms with Crippen molar-refractivity contribution < 1.29 is 19.5 Å². The lowest BCUT2D eigenvalue weighted by Crippen LogP contribution is -2.52. The highest BCUT2D eigenvalue weighted by Gasteiger charge is 2.44. The third-order valence-electron chi connectivity index (χ3n) is 2.98. The van der Waals surface area contributed by atoms with Crippen LogP contribution in [0.3, 0.4) is 0 Å². The van der Waals surface area contributed by atoms with Crippen LogP contribution >= 0.6 is 24.4 Å². The molecule has 19 heavy (non-hydrogen) atoms. The number of amides is 1. The molecule has 1 unspecified atom stereocenters. The van der Waals surface area contributed by atoms with Crippen molar-refractivity contribution in [1.29, 1.82) is 0 Å². The third-order valence-corrected chi connectivity index (χ3v) is 4.26. The number of hydrogen-bond acceptors (Lipinski definition) is 5. The van der Waals surface area contributed by atoms with Crippen molar-refractivity contribution in [2.24, 2.45) is 5.92 Å². The zero-order valence-corrected chi connectivity index (χ0v) is 13.0. The van der Waals surface area contributed by atoms with Crippen molar-refractivity contribution in [3.8, 4) is 0 Å². The predicted molar refractivity (Wildman–Crippen MR) is 77.4 cm³/mol. The van der Waals surface area contributed by atoms with E-state index in [-0.39, 0.29) is 16.9 Å². The van der Waals surface area contributed by atoms with Gasteiger partial charge in [0.1, 0.15) is 6.04 Å². The Balaban J connectivity index is 2.76. The SMILES string of the molecule is CC(=O)SCC1CC(=O)N([C@H](C(=O)O)C(C)(C)S)C1. The van der Waals surface area contributed by atoms with Gasteiger partial charge in [-0.2, -0.15) is 12.6 Å². The highest BCUT2D eigenvalue weighted by atomic mass is 32.2. The van der Waals surface area contributed by atoms with E-state index >= 15 is 0 Å². The summed E-state index contributed by atoms with van der Waals surface area (Å²) in [7, 11) is 0. The van der Waals surface area contributed by atoms with E-state index in [1.54, 1.807) is 13.8 Å². The van der Waals surface area contributed by atoms with Gasteiger partial charge in [0.25, 0.3) is 0 Å². The smallest absolute Gasteiger partial charge is 0.327 e. The second-order valence-corrected chi connectivity index (χ2v) is 7.66. The maximum atomic E-state index is 12.0. The van der Waals surface area contributed by atoms with Crippen LogP contribution in [-0.2, 0) is 14.4 Å². The summed E-state index contributed by atoms with van der Waals surface area (Å²) in [6.07, 6.45) is 0.300. The predicted octanol–water partition coefficient (Wildman–Crippen LogP) is 1.28. The average molecular weight is 305 g/mol. The van der Waals surface area contributed by atoms with Gasteiger partial charge < -0.3 is 10.0 Å². The van der Waals surface area contributed by atoms with Gasteiger partial charge in [-0.05, 0) is 19.8 Å². The van der Waals surface area contributed by atoms with Crippen LogP contribution in [0, 0.1) is 5.92 Å². The monoisotopic (exact) mass is 305 g/mol. The molecule has 108 valence electrons. The summed E-state index contributed by atoms with van der Waals surface area (Å²) in [6.45, 7) is 5.22. The summed E-state index contributed by atoms with van der Waals surface area (Å²) >= 11 is 5.46. The Bertz CT molecular complexity index is 392. The Hall–Kier alpha value is -0.690. The molecule has 1 N–H and O–H groups in total. The normalized spacial score (nSPS) is 21.6. The molecule has 0 aromatic rings. The lowest BCUT2D eigenvalue weighted by Gasteiger charge is -2.34. The molecule has 7 heteroatoms. The highest BCUT2D eigenvalue weighted by molar-refractivity contribution is 8.13. The summed E-state index contributed by atoms with van der Waals surface area (Å²) in [5.74, 6) is -0.646. The maximum absolute atomic E-state index is 12.0. The van der Waals surface area contributed by atoms with E-state index in [1.807, 2.05) is 0 Å². The molecule has 1 aliphatic rings. The first-order valence-corrected chi connectivity index (χ1v) is 7.44. The van der Waals surface area contributed by atoms with Crippen LogP contribution in [0.2, 0.25) is 0 Å². The van der Waals surface area contributed by atoms with Gasteiger partial charge in [-0.25, -0.2) is 4.79 Å². The number of likely N-dealkylation sites (tertiary alicyclic amines) is 1.